The maximum Gasteiger partial charge on any atom is 0.573 e. The van der Waals surface area contributed by atoms with Crippen molar-refractivity contribution in [2.75, 3.05) is 10.6 Å². The van der Waals surface area contributed by atoms with E-state index in [-0.39, 0.29) is 28.3 Å². The zero-order chi connectivity index (χ0) is 32.9. The molecule has 0 radical (unpaired) electrons. The number of nitro benzene ring substituents is 1. The second-order valence-electron chi connectivity index (χ2n) is 12.2. The van der Waals surface area contributed by atoms with Crippen LogP contribution >= 0.6 is 0 Å². The van der Waals surface area contributed by atoms with Gasteiger partial charge in [0.05, 0.1) is 11.0 Å². The lowest BCUT2D eigenvalue weighted by Crippen LogP contribution is -2.38. The van der Waals surface area contributed by atoms with E-state index in [1.54, 1.807) is 24.3 Å². The number of urea groups is 1. The third-order valence-electron chi connectivity index (χ3n) is 8.06. The van der Waals surface area contributed by atoms with Crippen LogP contribution in [-0.4, -0.2) is 28.3 Å². The number of nitrogens with one attached hydrogen (secondary N) is 3. The Hall–Kier alpha value is -4.81. The van der Waals surface area contributed by atoms with E-state index < -0.39 is 46.5 Å². The Morgan fingerprint density at radius 2 is 1.51 bits per heavy atom. The molecule has 0 heterocycles. The smallest absolute Gasteiger partial charge is 0.502 e. The average molecular weight is 629 g/mol. The van der Waals surface area contributed by atoms with Crippen LogP contribution in [0, 0.1) is 27.4 Å². The van der Waals surface area contributed by atoms with Crippen molar-refractivity contribution in [3.05, 3.63) is 88.0 Å². The molecule has 45 heavy (non-hydrogen) atoms. The Bertz CT molecular complexity index is 1510. The SMILES string of the molecule is CC(C)(C)C1CCC(C(NC(=O)Nc2ccc(OC(F)(F)F)cc2)c2ccc(C(=O)Nc3ccc(O)c([N+](=O)[O-])c3)cc2)CC1. The van der Waals surface area contributed by atoms with Crippen LogP contribution in [0.1, 0.15) is 68.4 Å². The third-order valence-corrected chi connectivity index (χ3v) is 8.06. The molecule has 0 spiro atoms. The quantitative estimate of drug-likeness (QED) is 0.113. The highest BCUT2D eigenvalue weighted by Crippen LogP contribution is 2.43. The van der Waals surface area contributed by atoms with Crippen molar-refractivity contribution < 1.29 is 37.5 Å². The fourth-order valence-electron chi connectivity index (χ4n) is 5.63. The van der Waals surface area contributed by atoms with Crippen LogP contribution in [0.2, 0.25) is 0 Å². The summed E-state index contributed by atoms with van der Waals surface area (Å²) in [6, 6.07) is 14.0. The lowest BCUT2D eigenvalue weighted by Gasteiger charge is -2.39. The molecule has 13 heteroatoms. The average Bonchev–Trinajstić information content (AvgIpc) is 2.97. The predicted octanol–water partition coefficient (Wildman–Crippen LogP) is 8.17. The Kier molecular flexibility index (Phi) is 9.89. The fraction of sp³-hybridized carbons (Fsp3) is 0.375. The normalized spacial score (nSPS) is 17.6. The van der Waals surface area contributed by atoms with Crippen molar-refractivity contribution in [2.45, 2.75) is 58.9 Å². The van der Waals surface area contributed by atoms with E-state index in [9.17, 15) is 38.0 Å². The summed E-state index contributed by atoms with van der Waals surface area (Å²) in [6.45, 7) is 6.64. The maximum absolute atomic E-state index is 13.1. The van der Waals surface area contributed by atoms with E-state index in [0.29, 0.717) is 5.92 Å². The molecule has 0 saturated heterocycles. The van der Waals surface area contributed by atoms with Crippen LogP contribution in [0.5, 0.6) is 11.5 Å². The standard InChI is InChI=1S/C32H35F3N4O6/c1-31(2,3)22-10-8-20(9-11-22)28(38-30(42)37-23-12-15-25(16-13-23)45-32(33,34)35)19-4-6-21(7-5-19)29(41)36-24-14-17-27(40)26(18-24)39(43)44/h4-7,12-18,20,22,28,40H,8-11H2,1-3H3,(H,36,41)(H2,37,38,42). The highest BCUT2D eigenvalue weighted by molar-refractivity contribution is 6.04. The van der Waals surface area contributed by atoms with Gasteiger partial charge in [0.1, 0.15) is 5.75 Å². The van der Waals surface area contributed by atoms with Crippen molar-refractivity contribution in [3.8, 4) is 11.5 Å². The highest BCUT2D eigenvalue weighted by atomic mass is 19.4. The number of phenols is 1. The van der Waals surface area contributed by atoms with E-state index in [0.717, 1.165) is 55.5 Å². The summed E-state index contributed by atoms with van der Waals surface area (Å²) >= 11 is 0. The van der Waals surface area contributed by atoms with Crippen LogP contribution in [0.25, 0.3) is 0 Å². The summed E-state index contributed by atoms with van der Waals surface area (Å²) in [5.41, 5.74) is 1.06. The van der Waals surface area contributed by atoms with Gasteiger partial charge in [-0.25, -0.2) is 4.79 Å². The number of anilines is 2. The first kappa shape index (κ1) is 33.1. The minimum Gasteiger partial charge on any atom is -0.502 e. The number of phenolic OH excluding ortho intramolecular Hbond substituents is 1. The largest absolute Gasteiger partial charge is 0.573 e. The van der Waals surface area contributed by atoms with Crippen molar-refractivity contribution in [1.82, 2.24) is 5.32 Å². The number of alkyl halides is 3. The molecular weight excluding hydrogens is 593 g/mol. The predicted molar refractivity (Wildman–Crippen MR) is 162 cm³/mol. The van der Waals surface area contributed by atoms with Gasteiger partial charge in [-0.1, -0.05) is 32.9 Å². The van der Waals surface area contributed by atoms with Gasteiger partial charge in [0.25, 0.3) is 5.91 Å². The Morgan fingerprint density at radius 1 is 0.911 bits per heavy atom. The van der Waals surface area contributed by atoms with Gasteiger partial charge in [0.2, 0.25) is 0 Å². The van der Waals surface area contributed by atoms with E-state index in [2.05, 4.69) is 41.5 Å². The molecule has 1 fully saturated rings. The molecule has 4 rings (SSSR count). The molecule has 3 aromatic carbocycles. The van der Waals surface area contributed by atoms with Crippen LogP contribution in [0.3, 0.4) is 0 Å². The number of benzene rings is 3. The van der Waals surface area contributed by atoms with E-state index >= 15 is 0 Å². The molecule has 4 N–H and O–H groups in total. The zero-order valence-electron chi connectivity index (χ0n) is 25.0. The number of nitrogens with zero attached hydrogens (tertiary/aromatic N) is 1. The van der Waals surface area contributed by atoms with Gasteiger partial charge in [-0.05, 0) is 97.0 Å². The van der Waals surface area contributed by atoms with Crippen LogP contribution in [-0.2, 0) is 0 Å². The third kappa shape index (κ3) is 9.10. The first-order valence-electron chi connectivity index (χ1n) is 14.4. The van der Waals surface area contributed by atoms with Gasteiger partial charge in [-0.2, -0.15) is 0 Å². The monoisotopic (exact) mass is 628 g/mol. The molecule has 3 aromatic rings. The molecule has 1 aliphatic carbocycles. The first-order chi connectivity index (χ1) is 21.1. The second-order valence-corrected chi connectivity index (χ2v) is 12.2. The second kappa shape index (κ2) is 13.4. The van der Waals surface area contributed by atoms with Gasteiger partial charge in [0, 0.05) is 23.0 Å². The summed E-state index contributed by atoms with van der Waals surface area (Å²) in [5, 5.41) is 29.0. The first-order valence-corrected chi connectivity index (χ1v) is 14.4. The van der Waals surface area contributed by atoms with Crippen molar-refractivity contribution in [2.24, 2.45) is 17.3 Å². The number of hydrogen-bond acceptors (Lipinski definition) is 6. The van der Waals surface area contributed by atoms with Crippen LogP contribution in [0.4, 0.5) is 35.0 Å². The number of rotatable bonds is 8. The minimum atomic E-state index is -4.83. The molecular formula is C32H35F3N4O6. The zero-order valence-corrected chi connectivity index (χ0v) is 25.0. The molecule has 0 aromatic heterocycles. The topological polar surface area (TPSA) is 143 Å². The van der Waals surface area contributed by atoms with Gasteiger partial charge in [0.15, 0.2) is 5.75 Å². The Balaban J connectivity index is 1.49. The summed E-state index contributed by atoms with van der Waals surface area (Å²) < 4.78 is 41.3. The highest BCUT2D eigenvalue weighted by Gasteiger charge is 2.34. The fourth-order valence-corrected chi connectivity index (χ4v) is 5.63. The molecule has 1 saturated carbocycles. The molecule has 3 amide bonds. The van der Waals surface area contributed by atoms with Crippen molar-refractivity contribution in [1.29, 1.82) is 0 Å². The number of aromatic hydroxyl groups is 1. The lowest BCUT2D eigenvalue weighted by atomic mass is 9.68. The molecule has 1 atom stereocenters. The van der Waals surface area contributed by atoms with Gasteiger partial charge >= 0.3 is 18.1 Å². The number of halogens is 3. The van der Waals surface area contributed by atoms with Crippen LogP contribution < -0.4 is 20.7 Å². The molecule has 10 nitrogen and oxygen atoms in total. The van der Waals surface area contributed by atoms with E-state index in [1.807, 2.05) is 0 Å². The van der Waals surface area contributed by atoms with Crippen molar-refractivity contribution in [3.63, 3.8) is 0 Å². The minimum absolute atomic E-state index is 0.0918. The number of amides is 3. The molecule has 1 aliphatic rings. The number of ether oxygens (including phenoxy) is 1. The maximum atomic E-state index is 13.1. The van der Waals surface area contributed by atoms with E-state index in [4.69, 9.17) is 0 Å². The summed E-state index contributed by atoms with van der Waals surface area (Å²) in [7, 11) is 0. The Labute approximate surface area is 258 Å². The molecule has 0 aliphatic heterocycles. The van der Waals surface area contributed by atoms with Gasteiger partial charge < -0.3 is 25.8 Å². The molecule has 0 bridgehead atoms. The van der Waals surface area contributed by atoms with E-state index in [1.165, 1.54) is 18.2 Å². The number of carbonyl (C=O) groups is 2. The number of carbonyl (C=O) groups excluding carboxylic acids is 2. The van der Waals surface area contributed by atoms with Crippen molar-refractivity contribution >= 4 is 29.0 Å². The lowest BCUT2D eigenvalue weighted by molar-refractivity contribution is -0.385. The number of nitro groups is 1. The summed E-state index contributed by atoms with van der Waals surface area (Å²) in [6.07, 6.45) is -1.15. The van der Waals surface area contributed by atoms with Gasteiger partial charge in [-0.15, -0.1) is 13.2 Å². The van der Waals surface area contributed by atoms with Gasteiger partial charge in [-0.3, -0.25) is 14.9 Å². The Morgan fingerprint density at radius 3 is 2.07 bits per heavy atom. The summed E-state index contributed by atoms with van der Waals surface area (Å²) in [5.74, 6) is -0.826. The molecule has 240 valence electrons. The summed E-state index contributed by atoms with van der Waals surface area (Å²) in [4.78, 5) is 36.3. The molecule has 1 unspecified atom stereocenters. The van der Waals surface area contributed by atoms with Crippen LogP contribution in [0.15, 0.2) is 66.7 Å². The number of hydrogen-bond donors (Lipinski definition) is 4.